The molecular formula is C22H24N2O3. The predicted octanol–water partition coefficient (Wildman–Crippen LogP) is 4.39. The first-order valence-corrected chi connectivity index (χ1v) is 9.04. The van der Waals surface area contributed by atoms with E-state index in [9.17, 15) is 9.90 Å². The number of allylic oxidation sites excluding steroid dienone is 1. The standard InChI is InChI=1S/C22H24N2O3/c1-14-10-19(11-16-6-3-4-9-20(14)16)27-21(15(2)13-23)22(26)24-17-7-5-8-18(25)12-17/h3-9,12-14,19,23,25H,10-11H2,1-2H3,(H,24,26)/b21-15+,23-13?. The highest BCUT2D eigenvalue weighted by Gasteiger charge is 2.27. The number of phenolic OH excluding ortho intramolecular Hbond substituents is 1. The molecule has 27 heavy (non-hydrogen) atoms. The Balaban J connectivity index is 1.79. The van der Waals surface area contributed by atoms with Crippen molar-refractivity contribution >= 4 is 17.8 Å². The van der Waals surface area contributed by atoms with Gasteiger partial charge in [-0.3, -0.25) is 4.79 Å². The molecule has 2 aromatic carbocycles. The van der Waals surface area contributed by atoms with E-state index in [1.54, 1.807) is 19.1 Å². The molecule has 0 saturated heterocycles. The van der Waals surface area contributed by atoms with Gasteiger partial charge in [0.15, 0.2) is 5.76 Å². The highest BCUT2D eigenvalue weighted by Crippen LogP contribution is 2.33. The molecule has 0 radical (unpaired) electrons. The molecule has 0 saturated carbocycles. The van der Waals surface area contributed by atoms with Gasteiger partial charge in [-0.2, -0.15) is 0 Å². The van der Waals surface area contributed by atoms with Crippen LogP contribution < -0.4 is 5.32 Å². The fourth-order valence-electron chi connectivity index (χ4n) is 3.47. The summed E-state index contributed by atoms with van der Waals surface area (Å²) in [5.74, 6) is 0.134. The molecule has 5 nitrogen and oxygen atoms in total. The molecule has 1 amide bonds. The molecule has 3 rings (SSSR count). The van der Waals surface area contributed by atoms with E-state index < -0.39 is 5.91 Å². The summed E-state index contributed by atoms with van der Waals surface area (Å²) in [5, 5.41) is 19.8. The third-order valence-corrected chi connectivity index (χ3v) is 4.82. The van der Waals surface area contributed by atoms with Crippen LogP contribution in [0.25, 0.3) is 0 Å². The van der Waals surface area contributed by atoms with Crippen LogP contribution in [0.15, 0.2) is 59.9 Å². The largest absolute Gasteiger partial charge is 0.508 e. The third-order valence-electron chi connectivity index (χ3n) is 4.82. The number of fused-ring (bicyclic) bond motifs is 1. The molecule has 0 fully saturated rings. The van der Waals surface area contributed by atoms with Gasteiger partial charge in [-0.25, -0.2) is 0 Å². The zero-order valence-corrected chi connectivity index (χ0v) is 15.5. The number of phenols is 1. The fourth-order valence-corrected chi connectivity index (χ4v) is 3.47. The maximum Gasteiger partial charge on any atom is 0.291 e. The second-order valence-corrected chi connectivity index (χ2v) is 6.94. The van der Waals surface area contributed by atoms with Gasteiger partial charge >= 0.3 is 0 Å². The molecular weight excluding hydrogens is 340 g/mol. The molecule has 0 aromatic heterocycles. The predicted molar refractivity (Wildman–Crippen MR) is 106 cm³/mol. The first-order chi connectivity index (χ1) is 13.0. The number of hydrogen-bond acceptors (Lipinski definition) is 4. The number of amides is 1. The van der Waals surface area contributed by atoms with E-state index in [0.29, 0.717) is 17.2 Å². The lowest BCUT2D eigenvalue weighted by Crippen LogP contribution is -2.28. The maximum absolute atomic E-state index is 12.7. The first kappa shape index (κ1) is 18.7. The van der Waals surface area contributed by atoms with E-state index in [0.717, 1.165) is 19.1 Å². The summed E-state index contributed by atoms with van der Waals surface area (Å²) in [5.41, 5.74) is 3.50. The van der Waals surface area contributed by atoms with Crippen molar-refractivity contribution in [2.45, 2.75) is 38.7 Å². The van der Waals surface area contributed by atoms with Crippen LogP contribution in [0.2, 0.25) is 0 Å². The number of anilines is 1. The van der Waals surface area contributed by atoms with E-state index in [1.807, 2.05) is 12.1 Å². The minimum atomic E-state index is -0.423. The van der Waals surface area contributed by atoms with Crippen molar-refractivity contribution < 1.29 is 14.6 Å². The van der Waals surface area contributed by atoms with Crippen LogP contribution >= 0.6 is 0 Å². The van der Waals surface area contributed by atoms with Crippen LogP contribution in [0, 0.1) is 5.41 Å². The van der Waals surface area contributed by atoms with Gasteiger partial charge in [0, 0.05) is 30.0 Å². The van der Waals surface area contributed by atoms with Gasteiger partial charge in [-0.1, -0.05) is 37.3 Å². The number of aromatic hydroxyl groups is 1. The van der Waals surface area contributed by atoms with Crippen molar-refractivity contribution in [2.24, 2.45) is 0 Å². The van der Waals surface area contributed by atoms with Crippen molar-refractivity contribution in [1.29, 1.82) is 5.41 Å². The fraction of sp³-hybridized carbons (Fsp3) is 0.273. The van der Waals surface area contributed by atoms with Gasteiger partial charge in [0.1, 0.15) is 11.9 Å². The van der Waals surface area contributed by atoms with E-state index in [1.165, 1.54) is 23.3 Å². The summed E-state index contributed by atoms with van der Waals surface area (Å²) in [6.45, 7) is 3.85. The Bertz CT molecular complexity index is 889. The molecule has 140 valence electrons. The van der Waals surface area contributed by atoms with Crippen molar-refractivity contribution in [3.05, 3.63) is 71.0 Å². The Labute approximate surface area is 159 Å². The number of rotatable bonds is 5. The number of hydrogen-bond donors (Lipinski definition) is 3. The highest BCUT2D eigenvalue weighted by atomic mass is 16.5. The average molecular weight is 364 g/mol. The molecule has 0 bridgehead atoms. The van der Waals surface area contributed by atoms with E-state index in [4.69, 9.17) is 10.1 Å². The lowest BCUT2D eigenvalue weighted by atomic mass is 9.82. The summed E-state index contributed by atoms with van der Waals surface area (Å²) < 4.78 is 6.09. The van der Waals surface area contributed by atoms with Gasteiger partial charge in [0.2, 0.25) is 0 Å². The molecule has 1 aliphatic carbocycles. The van der Waals surface area contributed by atoms with Crippen LogP contribution in [-0.2, 0) is 16.0 Å². The Morgan fingerprint density at radius 3 is 2.78 bits per heavy atom. The molecule has 2 atom stereocenters. The third kappa shape index (κ3) is 4.37. The molecule has 3 N–H and O–H groups in total. The first-order valence-electron chi connectivity index (χ1n) is 9.04. The quantitative estimate of drug-likeness (QED) is 0.418. The smallest absolute Gasteiger partial charge is 0.291 e. The van der Waals surface area contributed by atoms with Gasteiger partial charge in [0.25, 0.3) is 5.91 Å². The molecule has 0 spiro atoms. The summed E-state index contributed by atoms with van der Waals surface area (Å²) in [6, 6.07) is 14.6. The number of benzene rings is 2. The van der Waals surface area contributed by atoms with E-state index in [2.05, 4.69) is 24.4 Å². The normalized spacial score (nSPS) is 19.5. The summed E-state index contributed by atoms with van der Waals surface area (Å²) in [7, 11) is 0. The summed E-state index contributed by atoms with van der Waals surface area (Å²) in [6.07, 6.45) is 2.53. The molecule has 1 aliphatic rings. The molecule has 2 unspecified atom stereocenters. The topological polar surface area (TPSA) is 82.4 Å². The molecule has 5 heteroatoms. The number of carbonyl (C=O) groups excluding carboxylic acids is 1. The summed E-state index contributed by atoms with van der Waals surface area (Å²) >= 11 is 0. The van der Waals surface area contributed by atoms with Crippen molar-refractivity contribution in [3.63, 3.8) is 0 Å². The Kier molecular flexibility index (Phi) is 5.60. The zero-order chi connectivity index (χ0) is 19.4. The van der Waals surface area contributed by atoms with Crippen LogP contribution in [0.4, 0.5) is 5.69 Å². The monoisotopic (exact) mass is 364 g/mol. The summed E-state index contributed by atoms with van der Waals surface area (Å²) in [4.78, 5) is 12.7. The minimum absolute atomic E-state index is 0.0701. The molecule has 0 heterocycles. The number of nitrogens with one attached hydrogen (secondary N) is 2. The van der Waals surface area contributed by atoms with Gasteiger partial charge in [-0.15, -0.1) is 0 Å². The lowest BCUT2D eigenvalue weighted by Gasteiger charge is -2.30. The lowest BCUT2D eigenvalue weighted by molar-refractivity contribution is -0.117. The van der Waals surface area contributed by atoms with Crippen LogP contribution in [-0.4, -0.2) is 23.3 Å². The van der Waals surface area contributed by atoms with Gasteiger partial charge < -0.3 is 20.6 Å². The van der Waals surface area contributed by atoms with Crippen molar-refractivity contribution in [3.8, 4) is 5.75 Å². The van der Waals surface area contributed by atoms with Gasteiger partial charge in [0.05, 0.1) is 0 Å². The Morgan fingerprint density at radius 1 is 1.26 bits per heavy atom. The molecule has 2 aromatic rings. The second-order valence-electron chi connectivity index (χ2n) is 6.94. The average Bonchev–Trinajstić information content (AvgIpc) is 2.65. The van der Waals surface area contributed by atoms with Crippen molar-refractivity contribution in [2.75, 3.05) is 5.32 Å². The zero-order valence-electron chi connectivity index (χ0n) is 15.5. The van der Waals surface area contributed by atoms with Crippen LogP contribution in [0.5, 0.6) is 5.75 Å². The molecule has 0 aliphatic heterocycles. The maximum atomic E-state index is 12.7. The van der Waals surface area contributed by atoms with E-state index in [-0.39, 0.29) is 17.6 Å². The number of carbonyl (C=O) groups is 1. The van der Waals surface area contributed by atoms with Crippen LogP contribution in [0.1, 0.15) is 37.3 Å². The minimum Gasteiger partial charge on any atom is -0.508 e. The van der Waals surface area contributed by atoms with Crippen molar-refractivity contribution in [1.82, 2.24) is 0 Å². The Hall–Kier alpha value is -3.08. The van der Waals surface area contributed by atoms with E-state index >= 15 is 0 Å². The highest BCUT2D eigenvalue weighted by molar-refractivity contribution is 6.05. The second kappa shape index (κ2) is 8.08. The van der Waals surface area contributed by atoms with Gasteiger partial charge in [-0.05, 0) is 42.5 Å². The van der Waals surface area contributed by atoms with Crippen LogP contribution in [0.3, 0.4) is 0 Å². The Morgan fingerprint density at radius 2 is 2.04 bits per heavy atom. The SMILES string of the molecule is C/C(C=N)=C(\OC1Cc2ccccc2C(C)C1)C(=O)Nc1cccc(O)c1. The number of ether oxygens (including phenoxy) is 1.